The standard InChI is InChI=1S/C42H27N/c1-3-14-28(15-4-1)40-32-20-9-11-22-34(32)41(35-23-12-10-21-33(35)40)37-25-13-24-36-38-26-29-16-7-8-17-30(29)27-39(38)43(42(36)37)31-18-5-2-6-19-31/h1-27H. The smallest absolute Gasteiger partial charge is 0.0619 e. The maximum absolute atomic E-state index is 2.47. The van der Waals surface area contributed by atoms with Crippen molar-refractivity contribution in [2.45, 2.75) is 0 Å². The molecule has 0 aliphatic heterocycles. The third-order valence-corrected chi connectivity index (χ3v) is 8.93. The average Bonchev–Trinajstić information content (AvgIpc) is 3.40. The molecule has 8 aromatic carbocycles. The Bertz CT molecular complexity index is 2430. The Morgan fingerprint density at radius 2 is 0.860 bits per heavy atom. The zero-order chi connectivity index (χ0) is 28.3. The van der Waals surface area contributed by atoms with E-state index in [9.17, 15) is 0 Å². The van der Waals surface area contributed by atoms with Gasteiger partial charge in [0.1, 0.15) is 0 Å². The van der Waals surface area contributed by atoms with Gasteiger partial charge in [0.25, 0.3) is 0 Å². The summed E-state index contributed by atoms with van der Waals surface area (Å²) in [6.45, 7) is 0. The quantitative estimate of drug-likeness (QED) is 0.195. The van der Waals surface area contributed by atoms with Gasteiger partial charge in [-0.15, -0.1) is 0 Å². The monoisotopic (exact) mass is 545 g/mol. The van der Waals surface area contributed by atoms with Crippen molar-refractivity contribution in [2.24, 2.45) is 0 Å². The second-order valence-electron chi connectivity index (χ2n) is 11.3. The molecular weight excluding hydrogens is 518 g/mol. The normalized spacial score (nSPS) is 11.7. The predicted molar refractivity (Wildman–Crippen MR) is 184 cm³/mol. The van der Waals surface area contributed by atoms with Gasteiger partial charge in [-0.1, -0.05) is 140 Å². The number of hydrogen-bond acceptors (Lipinski definition) is 0. The highest BCUT2D eigenvalue weighted by Crippen LogP contribution is 2.47. The molecule has 1 heteroatoms. The van der Waals surface area contributed by atoms with Crippen molar-refractivity contribution in [2.75, 3.05) is 0 Å². The predicted octanol–water partition coefficient (Wildman–Crippen LogP) is 11.6. The Kier molecular flexibility index (Phi) is 5.27. The summed E-state index contributed by atoms with van der Waals surface area (Å²) >= 11 is 0. The first-order valence-corrected chi connectivity index (χ1v) is 14.9. The van der Waals surface area contributed by atoms with Gasteiger partial charge in [0.2, 0.25) is 0 Å². The molecule has 0 spiro atoms. The van der Waals surface area contributed by atoms with Crippen molar-refractivity contribution in [1.82, 2.24) is 4.57 Å². The first kappa shape index (κ1) is 24.0. The molecule has 0 bridgehead atoms. The molecule has 1 nitrogen and oxygen atoms in total. The third-order valence-electron chi connectivity index (χ3n) is 8.93. The molecule has 43 heavy (non-hydrogen) atoms. The minimum atomic E-state index is 1.17. The Morgan fingerprint density at radius 1 is 0.349 bits per heavy atom. The number of para-hydroxylation sites is 2. The van der Waals surface area contributed by atoms with Crippen LogP contribution in [0.15, 0.2) is 164 Å². The van der Waals surface area contributed by atoms with E-state index in [4.69, 9.17) is 0 Å². The lowest BCUT2D eigenvalue weighted by Gasteiger charge is -2.19. The highest BCUT2D eigenvalue weighted by atomic mass is 15.0. The van der Waals surface area contributed by atoms with Crippen LogP contribution in [0.2, 0.25) is 0 Å². The van der Waals surface area contributed by atoms with Crippen molar-refractivity contribution in [3.8, 4) is 27.9 Å². The van der Waals surface area contributed by atoms with Crippen LogP contribution in [0.3, 0.4) is 0 Å². The largest absolute Gasteiger partial charge is 0.309 e. The Balaban J connectivity index is 1.50. The minimum absolute atomic E-state index is 1.17. The topological polar surface area (TPSA) is 4.93 Å². The highest BCUT2D eigenvalue weighted by Gasteiger charge is 2.21. The SMILES string of the molecule is c1ccc(-c2c3ccccc3c(-c3cccc4c5cc6ccccc6cc5n(-c5ccccc5)c34)c3ccccc23)cc1. The fourth-order valence-corrected chi connectivity index (χ4v) is 7.13. The Hall–Kier alpha value is -5.66. The summed E-state index contributed by atoms with van der Waals surface area (Å²) in [6.07, 6.45) is 0. The van der Waals surface area contributed by atoms with E-state index in [0.717, 1.165) is 0 Å². The molecule has 1 heterocycles. The number of fused-ring (bicyclic) bond motifs is 6. The second-order valence-corrected chi connectivity index (χ2v) is 11.3. The maximum Gasteiger partial charge on any atom is 0.0619 e. The molecule has 0 saturated carbocycles. The van der Waals surface area contributed by atoms with Crippen molar-refractivity contribution in [3.63, 3.8) is 0 Å². The van der Waals surface area contributed by atoms with E-state index in [1.807, 2.05) is 0 Å². The lowest BCUT2D eigenvalue weighted by atomic mass is 9.85. The van der Waals surface area contributed by atoms with E-state index in [0.29, 0.717) is 0 Å². The van der Waals surface area contributed by atoms with E-state index in [1.165, 1.54) is 82.1 Å². The molecule has 0 unspecified atom stereocenters. The molecule has 0 N–H and O–H groups in total. The molecule has 0 atom stereocenters. The van der Waals surface area contributed by atoms with Gasteiger partial charge in [-0.2, -0.15) is 0 Å². The summed E-state index contributed by atoms with van der Waals surface area (Å²) in [4.78, 5) is 0. The van der Waals surface area contributed by atoms with Gasteiger partial charge in [0.05, 0.1) is 11.0 Å². The molecule has 0 aliphatic rings. The van der Waals surface area contributed by atoms with E-state index in [1.54, 1.807) is 0 Å². The van der Waals surface area contributed by atoms with Gasteiger partial charge in [-0.25, -0.2) is 0 Å². The zero-order valence-electron chi connectivity index (χ0n) is 23.5. The van der Waals surface area contributed by atoms with Crippen LogP contribution in [0, 0.1) is 0 Å². The van der Waals surface area contributed by atoms with Gasteiger partial charge in [-0.3, -0.25) is 0 Å². The first-order valence-electron chi connectivity index (χ1n) is 14.9. The molecule has 0 fully saturated rings. The van der Waals surface area contributed by atoms with Crippen molar-refractivity contribution >= 4 is 54.1 Å². The Morgan fingerprint density at radius 3 is 1.51 bits per heavy atom. The molecule has 0 saturated heterocycles. The van der Waals surface area contributed by atoms with Gasteiger partial charge < -0.3 is 4.57 Å². The van der Waals surface area contributed by atoms with Crippen LogP contribution in [0.4, 0.5) is 0 Å². The molecule has 0 aliphatic carbocycles. The fraction of sp³-hybridized carbons (Fsp3) is 0. The number of aromatic nitrogens is 1. The van der Waals surface area contributed by atoms with Crippen molar-refractivity contribution in [3.05, 3.63) is 164 Å². The van der Waals surface area contributed by atoms with Crippen LogP contribution < -0.4 is 0 Å². The van der Waals surface area contributed by atoms with E-state index in [2.05, 4.69) is 168 Å². The lowest BCUT2D eigenvalue weighted by molar-refractivity contribution is 1.18. The average molecular weight is 546 g/mol. The lowest BCUT2D eigenvalue weighted by Crippen LogP contribution is -1.96. The summed E-state index contributed by atoms with van der Waals surface area (Å²) in [6, 6.07) is 59.7. The number of rotatable bonds is 3. The number of hydrogen-bond donors (Lipinski definition) is 0. The van der Waals surface area contributed by atoms with Gasteiger partial charge in [0.15, 0.2) is 0 Å². The van der Waals surface area contributed by atoms with Crippen LogP contribution in [-0.2, 0) is 0 Å². The van der Waals surface area contributed by atoms with Crippen molar-refractivity contribution in [1.29, 1.82) is 0 Å². The Labute approximate surface area is 249 Å². The van der Waals surface area contributed by atoms with Gasteiger partial charge in [-0.05, 0) is 73.3 Å². The van der Waals surface area contributed by atoms with Crippen LogP contribution in [-0.4, -0.2) is 4.57 Å². The van der Waals surface area contributed by atoms with Crippen LogP contribution in [0.5, 0.6) is 0 Å². The molecule has 9 aromatic rings. The van der Waals surface area contributed by atoms with Crippen LogP contribution in [0.1, 0.15) is 0 Å². The summed E-state index contributed by atoms with van der Waals surface area (Å²) in [5.41, 5.74) is 8.68. The second kappa shape index (κ2) is 9.44. The number of benzene rings is 8. The molecule has 200 valence electrons. The highest BCUT2D eigenvalue weighted by molar-refractivity contribution is 6.25. The van der Waals surface area contributed by atoms with E-state index < -0.39 is 0 Å². The summed E-state index contributed by atoms with van der Waals surface area (Å²) in [7, 11) is 0. The fourth-order valence-electron chi connectivity index (χ4n) is 7.13. The zero-order valence-corrected chi connectivity index (χ0v) is 23.5. The van der Waals surface area contributed by atoms with Crippen molar-refractivity contribution < 1.29 is 0 Å². The minimum Gasteiger partial charge on any atom is -0.309 e. The molecular formula is C42H27N. The van der Waals surface area contributed by atoms with E-state index >= 15 is 0 Å². The summed E-state index contributed by atoms with van der Waals surface area (Å²) in [5.74, 6) is 0. The first-order chi connectivity index (χ1) is 21.4. The van der Waals surface area contributed by atoms with E-state index in [-0.39, 0.29) is 0 Å². The molecule has 0 amide bonds. The van der Waals surface area contributed by atoms with Gasteiger partial charge in [0, 0.05) is 22.0 Å². The molecule has 0 radical (unpaired) electrons. The summed E-state index contributed by atoms with van der Waals surface area (Å²) < 4.78 is 2.47. The van der Waals surface area contributed by atoms with Crippen LogP contribution in [0.25, 0.3) is 82.1 Å². The third kappa shape index (κ3) is 3.58. The summed E-state index contributed by atoms with van der Waals surface area (Å²) in [5, 5.41) is 10.1. The number of nitrogens with zero attached hydrogens (tertiary/aromatic N) is 1. The maximum atomic E-state index is 2.47. The van der Waals surface area contributed by atoms with Crippen LogP contribution >= 0.6 is 0 Å². The molecule has 9 rings (SSSR count). The van der Waals surface area contributed by atoms with Gasteiger partial charge >= 0.3 is 0 Å². The molecule has 1 aromatic heterocycles.